The Morgan fingerprint density at radius 3 is 2.51 bits per heavy atom. The lowest BCUT2D eigenvalue weighted by atomic mass is 9.59. The van der Waals surface area contributed by atoms with Gasteiger partial charge in [-0.15, -0.1) is 0 Å². The zero-order valence-electron chi connectivity index (χ0n) is 21.5. The van der Waals surface area contributed by atoms with Crippen LogP contribution in [0.25, 0.3) is 0 Å². The van der Waals surface area contributed by atoms with Gasteiger partial charge in [0.05, 0.1) is 5.92 Å². The lowest BCUT2D eigenvalue weighted by Crippen LogP contribution is -2.59. The fourth-order valence-electron chi connectivity index (χ4n) is 5.87. The minimum Gasteiger partial charge on any atom is -0.461 e. The van der Waals surface area contributed by atoms with Gasteiger partial charge in [-0.1, -0.05) is 57.5 Å². The molecule has 1 aliphatic carbocycles. The predicted molar refractivity (Wildman–Crippen MR) is 133 cm³/mol. The molecule has 1 heterocycles. The highest BCUT2D eigenvalue weighted by atomic mass is 16.5. The zero-order chi connectivity index (χ0) is 25.5. The number of esters is 1. The predicted octanol–water partition coefficient (Wildman–Crippen LogP) is 3.61. The maximum atomic E-state index is 13.7. The number of piperidine rings is 1. The molecule has 7 heteroatoms. The number of hydrogen-bond acceptors (Lipinski definition) is 5. The van der Waals surface area contributed by atoms with Crippen molar-refractivity contribution in [3.63, 3.8) is 0 Å². The summed E-state index contributed by atoms with van der Waals surface area (Å²) in [4.78, 5) is 54.2. The van der Waals surface area contributed by atoms with Gasteiger partial charge in [-0.3, -0.25) is 19.2 Å². The van der Waals surface area contributed by atoms with Crippen LogP contribution in [0, 0.1) is 35.5 Å². The molecule has 1 aromatic carbocycles. The summed E-state index contributed by atoms with van der Waals surface area (Å²) in [7, 11) is 1.57. The smallest absolute Gasteiger partial charge is 0.309 e. The van der Waals surface area contributed by atoms with E-state index in [2.05, 4.69) is 19.2 Å². The molecule has 3 rings (SSSR count). The van der Waals surface area contributed by atoms with Gasteiger partial charge >= 0.3 is 5.97 Å². The number of benzene rings is 1. The van der Waals surface area contributed by atoms with Gasteiger partial charge in [0.15, 0.2) is 0 Å². The van der Waals surface area contributed by atoms with Crippen molar-refractivity contribution < 1.29 is 23.9 Å². The van der Waals surface area contributed by atoms with Crippen LogP contribution in [0.5, 0.6) is 0 Å². The Morgan fingerprint density at radius 2 is 1.89 bits per heavy atom. The summed E-state index contributed by atoms with van der Waals surface area (Å²) in [6, 6.07) is 9.56. The second-order valence-corrected chi connectivity index (χ2v) is 10.5. The van der Waals surface area contributed by atoms with Gasteiger partial charge in [-0.25, -0.2) is 0 Å². The molecule has 1 N–H and O–H groups in total. The van der Waals surface area contributed by atoms with E-state index in [9.17, 15) is 19.2 Å². The second kappa shape index (κ2) is 12.3. The maximum Gasteiger partial charge on any atom is 0.309 e. The number of nitrogens with one attached hydrogen (secondary N) is 1. The molecule has 2 amide bonds. The van der Waals surface area contributed by atoms with Gasteiger partial charge in [0.1, 0.15) is 12.4 Å². The number of fused-ring (bicyclic) bond motifs is 1. The molecule has 0 bridgehead atoms. The Kier molecular flexibility index (Phi) is 9.47. The number of amides is 2. The van der Waals surface area contributed by atoms with Crippen LogP contribution >= 0.6 is 0 Å². The first-order valence-corrected chi connectivity index (χ1v) is 13.0. The van der Waals surface area contributed by atoms with E-state index in [0.717, 1.165) is 12.0 Å². The number of ether oxygens (including phenoxy) is 1. The summed E-state index contributed by atoms with van der Waals surface area (Å²) in [5, 5.41) is 2.60. The standard InChI is InChI=1S/C28H40N2O5/c1-5-9-21-25-23(16-30(27(21)33)13-12-24(31)29-4)22(15-20(26(25)32)14-18(2)3)28(34)35-17-19-10-7-6-8-11-19/h6-8,10-11,18,20-23,25H,5,9,12-17H2,1-4H3,(H,29,31)/t20-,21+,22?,23+,25?/m0/s1. The minimum atomic E-state index is -0.467. The molecule has 0 radical (unpaired) electrons. The van der Waals surface area contributed by atoms with Crippen molar-refractivity contribution in [1.29, 1.82) is 0 Å². The van der Waals surface area contributed by atoms with Crippen LogP contribution in [0.1, 0.15) is 58.4 Å². The highest BCUT2D eigenvalue weighted by molar-refractivity contribution is 5.94. The fraction of sp³-hybridized carbons (Fsp3) is 0.643. The number of likely N-dealkylation sites (tertiary alicyclic amines) is 1. The first kappa shape index (κ1) is 26.9. The van der Waals surface area contributed by atoms with Gasteiger partial charge in [0, 0.05) is 50.2 Å². The van der Waals surface area contributed by atoms with Crippen LogP contribution in [0.3, 0.4) is 0 Å². The van der Waals surface area contributed by atoms with Gasteiger partial charge in [0.25, 0.3) is 0 Å². The Morgan fingerprint density at radius 1 is 1.17 bits per heavy atom. The molecule has 1 aliphatic heterocycles. The topological polar surface area (TPSA) is 92.8 Å². The lowest BCUT2D eigenvalue weighted by molar-refractivity contribution is -0.169. The first-order chi connectivity index (χ1) is 16.8. The van der Waals surface area contributed by atoms with Crippen molar-refractivity contribution in [2.75, 3.05) is 20.1 Å². The molecule has 1 saturated heterocycles. The summed E-state index contributed by atoms with van der Waals surface area (Å²) >= 11 is 0. The summed E-state index contributed by atoms with van der Waals surface area (Å²) in [5.41, 5.74) is 0.915. The molecular weight excluding hydrogens is 444 g/mol. The average Bonchev–Trinajstić information content (AvgIpc) is 2.84. The van der Waals surface area contributed by atoms with Crippen LogP contribution in [0.15, 0.2) is 30.3 Å². The van der Waals surface area contributed by atoms with Gasteiger partial charge in [0.2, 0.25) is 11.8 Å². The van der Waals surface area contributed by atoms with Gasteiger partial charge in [-0.05, 0) is 30.7 Å². The molecule has 35 heavy (non-hydrogen) atoms. The molecule has 2 unspecified atom stereocenters. The highest BCUT2D eigenvalue weighted by Crippen LogP contribution is 2.46. The van der Waals surface area contributed by atoms with Crippen molar-refractivity contribution in [1.82, 2.24) is 10.2 Å². The number of hydrogen-bond donors (Lipinski definition) is 1. The molecule has 5 atom stereocenters. The SMILES string of the molecule is CCC[C@H]1C(=O)N(CCC(=O)NC)C[C@@H]2C(C(=O)OCc3ccccc3)C[C@H](CC(C)C)C(=O)C21. The first-order valence-electron chi connectivity index (χ1n) is 13.0. The minimum absolute atomic E-state index is 0.0630. The summed E-state index contributed by atoms with van der Waals surface area (Å²) < 4.78 is 5.76. The number of carbonyl (C=O) groups is 4. The Labute approximate surface area is 209 Å². The number of carbonyl (C=O) groups excluding carboxylic acids is 4. The van der Waals surface area contributed by atoms with Crippen LogP contribution in [-0.2, 0) is 30.5 Å². The summed E-state index contributed by atoms with van der Waals surface area (Å²) in [5.74, 6) is -1.93. The van der Waals surface area contributed by atoms with E-state index in [1.807, 2.05) is 37.3 Å². The molecule has 7 nitrogen and oxygen atoms in total. The van der Waals surface area contributed by atoms with E-state index in [0.29, 0.717) is 31.7 Å². The molecule has 2 fully saturated rings. The molecule has 0 spiro atoms. The zero-order valence-corrected chi connectivity index (χ0v) is 21.5. The normalized spacial score (nSPS) is 26.4. The molecule has 0 aromatic heterocycles. The van der Waals surface area contributed by atoms with Crippen molar-refractivity contribution in [3.8, 4) is 0 Å². The van der Waals surface area contributed by atoms with E-state index in [1.54, 1.807) is 11.9 Å². The number of nitrogens with zero attached hydrogens (tertiary/aromatic N) is 1. The Balaban J connectivity index is 1.88. The van der Waals surface area contributed by atoms with E-state index in [1.165, 1.54) is 0 Å². The third-order valence-corrected chi connectivity index (χ3v) is 7.51. The van der Waals surface area contributed by atoms with Gasteiger partial charge < -0.3 is 15.0 Å². The monoisotopic (exact) mass is 484 g/mol. The maximum absolute atomic E-state index is 13.7. The van der Waals surface area contributed by atoms with Crippen LogP contribution in [-0.4, -0.2) is 48.6 Å². The Bertz CT molecular complexity index is 900. The molecule has 1 aromatic rings. The molecule has 1 saturated carbocycles. The highest BCUT2D eigenvalue weighted by Gasteiger charge is 2.55. The van der Waals surface area contributed by atoms with Crippen molar-refractivity contribution in [2.24, 2.45) is 35.5 Å². The van der Waals surface area contributed by atoms with Gasteiger partial charge in [-0.2, -0.15) is 0 Å². The molecule has 2 aliphatic rings. The average molecular weight is 485 g/mol. The van der Waals surface area contributed by atoms with E-state index in [-0.39, 0.29) is 55.0 Å². The van der Waals surface area contributed by atoms with E-state index < -0.39 is 17.8 Å². The van der Waals surface area contributed by atoms with E-state index >= 15 is 0 Å². The van der Waals surface area contributed by atoms with Crippen molar-refractivity contribution >= 4 is 23.6 Å². The largest absolute Gasteiger partial charge is 0.461 e. The summed E-state index contributed by atoms with van der Waals surface area (Å²) in [6.07, 6.45) is 2.74. The van der Waals surface area contributed by atoms with Crippen LogP contribution < -0.4 is 5.32 Å². The molecular formula is C28H40N2O5. The number of ketones is 1. The summed E-state index contributed by atoms with van der Waals surface area (Å²) in [6.45, 7) is 6.96. The third-order valence-electron chi connectivity index (χ3n) is 7.51. The van der Waals surface area contributed by atoms with Crippen molar-refractivity contribution in [3.05, 3.63) is 35.9 Å². The quantitative estimate of drug-likeness (QED) is 0.512. The number of rotatable bonds is 10. The third kappa shape index (κ3) is 6.50. The Hall–Kier alpha value is -2.70. The lowest BCUT2D eigenvalue weighted by Gasteiger charge is -2.49. The van der Waals surface area contributed by atoms with Crippen molar-refractivity contribution in [2.45, 2.75) is 59.5 Å². The number of Topliss-reactive ketones (excluding diaryl/α,β-unsaturated/α-hetero) is 1. The fourth-order valence-corrected chi connectivity index (χ4v) is 5.87. The van der Waals surface area contributed by atoms with E-state index in [4.69, 9.17) is 4.74 Å². The second-order valence-electron chi connectivity index (χ2n) is 10.5. The van der Waals surface area contributed by atoms with Crippen LogP contribution in [0.2, 0.25) is 0 Å². The molecule has 192 valence electrons. The van der Waals surface area contributed by atoms with Crippen LogP contribution in [0.4, 0.5) is 0 Å².